The quantitative estimate of drug-likeness (QED) is 0.229. The van der Waals surface area contributed by atoms with E-state index in [0.717, 1.165) is 0 Å². The zero-order chi connectivity index (χ0) is 26.2. The van der Waals surface area contributed by atoms with Crippen molar-refractivity contribution in [3.05, 3.63) is 40.2 Å². The number of hydrogen-bond donors (Lipinski definition) is 7. The second-order valence-corrected chi connectivity index (χ2v) is 8.51. The van der Waals surface area contributed by atoms with Gasteiger partial charge in [-0.3, -0.25) is 19.7 Å². The van der Waals surface area contributed by atoms with Crippen molar-refractivity contribution in [1.29, 1.82) is 0 Å². The molecule has 192 valence electrons. The molecule has 35 heavy (non-hydrogen) atoms. The highest BCUT2D eigenvalue weighted by Crippen LogP contribution is 2.52. The van der Waals surface area contributed by atoms with Crippen molar-refractivity contribution in [2.24, 2.45) is 17.6 Å². The fourth-order valence-corrected chi connectivity index (χ4v) is 4.90. The fourth-order valence-electron chi connectivity index (χ4n) is 4.90. The molecule has 0 aromatic heterocycles. The Labute approximate surface area is 203 Å². The van der Waals surface area contributed by atoms with E-state index in [1.807, 2.05) is 14.1 Å². The van der Waals surface area contributed by atoms with Crippen molar-refractivity contribution in [2.45, 2.75) is 24.9 Å². The minimum absolute atomic E-state index is 0. The number of aromatic hydroxyl groups is 1. The van der Waals surface area contributed by atoms with Crippen LogP contribution in [0.15, 0.2) is 29.0 Å². The molecule has 1 aromatic carbocycles. The zero-order valence-corrected chi connectivity index (χ0v) is 19.3. The Bertz CT molecular complexity index is 1200. The number of hydrogen-bond acceptors (Lipinski definition) is 10. The molecule has 0 heterocycles. The Hall–Kier alpha value is -3.90. The number of aliphatic hydroxyl groups excluding tert-OH is 2. The van der Waals surface area contributed by atoms with Crippen molar-refractivity contribution in [2.75, 3.05) is 26.5 Å². The van der Waals surface area contributed by atoms with Gasteiger partial charge in [0.1, 0.15) is 22.8 Å². The van der Waals surface area contributed by atoms with Gasteiger partial charge in [0.25, 0.3) is 5.91 Å². The van der Waals surface area contributed by atoms with Gasteiger partial charge in [-0.05, 0) is 50.6 Å². The Morgan fingerprint density at radius 3 is 2.37 bits per heavy atom. The van der Waals surface area contributed by atoms with E-state index >= 15 is 0 Å². The van der Waals surface area contributed by atoms with Gasteiger partial charge in [-0.2, -0.15) is 0 Å². The molecular weight excluding hydrogens is 462 g/mol. The van der Waals surface area contributed by atoms with Gasteiger partial charge in [0, 0.05) is 26.5 Å². The summed E-state index contributed by atoms with van der Waals surface area (Å²) in [6, 6.07) is 2.61. The summed E-state index contributed by atoms with van der Waals surface area (Å²) in [5.74, 6) is -7.07. The third kappa shape index (κ3) is 4.00. The van der Waals surface area contributed by atoms with Crippen LogP contribution in [0.25, 0.3) is 5.76 Å². The molecule has 4 rings (SSSR count). The zero-order valence-electron chi connectivity index (χ0n) is 19.3. The number of fused-ring (bicyclic) bond motifs is 3. The largest absolute Gasteiger partial charge is 0.508 e. The number of nitrogens with two attached hydrogens (primary N) is 1. The number of nitrogens with one attached hydrogen (secondary N) is 2. The molecule has 3 atom stereocenters. The van der Waals surface area contributed by atoms with Gasteiger partial charge in [0.15, 0.2) is 11.4 Å². The molecule has 12 heteroatoms. The van der Waals surface area contributed by atoms with Gasteiger partial charge in [-0.15, -0.1) is 0 Å². The number of phenols is 1. The third-order valence-corrected chi connectivity index (χ3v) is 6.37. The standard InChI is InChI=1S/C21H20N2O9.C2H7N.2H2/c1-32-20(30)23-10-2-3-11(24)14-9(10)5-7-4-8-6-12(25)15(19(22)29)18(28)21(8,31)17(27)13(7)16(14)26;1-3-2;;/h2-3,7-8,24,26,28,31H,4-6H2,1H3,(H2,22,29)(H,23,30);3H,1-2H3;2*1H/t7?,8?,21-;;;/m0.../s1. The van der Waals surface area contributed by atoms with Crippen LogP contribution in [0.1, 0.15) is 26.8 Å². The molecule has 1 fully saturated rings. The summed E-state index contributed by atoms with van der Waals surface area (Å²) in [7, 11) is 4.92. The third-order valence-electron chi connectivity index (χ3n) is 6.37. The summed E-state index contributed by atoms with van der Waals surface area (Å²) >= 11 is 0. The minimum Gasteiger partial charge on any atom is -0.508 e. The number of methoxy groups -OCH3 is 1. The smallest absolute Gasteiger partial charge is 0.411 e. The Kier molecular flexibility index (Phi) is 6.90. The fraction of sp³-hybridized carbons (Fsp3) is 0.391. The molecule has 8 N–H and O–H groups in total. The molecule has 12 nitrogen and oxygen atoms in total. The molecule has 0 saturated heterocycles. The van der Waals surface area contributed by atoms with Gasteiger partial charge in [-0.1, -0.05) is 0 Å². The SMILES string of the molecule is CNC.COC(=O)Nc1ccc(O)c2c1CC1CC3CC(=O)C(C(N)=O)=C(O)[C@@]3(O)C(=O)C1=C2O.[HH].[HH]. The first-order valence-corrected chi connectivity index (χ1v) is 10.7. The summed E-state index contributed by atoms with van der Waals surface area (Å²) in [4.78, 5) is 49.0. The molecule has 0 radical (unpaired) electrons. The molecule has 3 aliphatic rings. The van der Waals surface area contributed by atoms with Crippen molar-refractivity contribution < 1.29 is 47.2 Å². The number of amides is 2. The lowest BCUT2D eigenvalue weighted by Gasteiger charge is -2.46. The number of aliphatic hydroxyl groups is 3. The maximum Gasteiger partial charge on any atom is 0.411 e. The van der Waals surface area contributed by atoms with E-state index in [4.69, 9.17) is 5.73 Å². The molecule has 1 aromatic rings. The molecule has 0 aliphatic heterocycles. The van der Waals surface area contributed by atoms with E-state index in [-0.39, 0.29) is 38.3 Å². The summed E-state index contributed by atoms with van der Waals surface area (Å²) in [5, 5.41) is 48.1. The van der Waals surface area contributed by atoms with Crippen LogP contribution in [0.3, 0.4) is 0 Å². The number of carbonyl (C=O) groups excluding carboxylic acids is 4. The van der Waals surface area contributed by atoms with Crippen molar-refractivity contribution in [3.63, 3.8) is 0 Å². The van der Waals surface area contributed by atoms with E-state index in [9.17, 15) is 39.6 Å². The number of phenolic OH excluding ortho intramolecular Hbond substituents is 1. The minimum atomic E-state index is -2.62. The highest BCUT2D eigenvalue weighted by Gasteiger charge is 2.60. The van der Waals surface area contributed by atoms with Gasteiger partial charge in [0.2, 0.25) is 5.78 Å². The molecule has 3 aliphatic carbocycles. The summed E-state index contributed by atoms with van der Waals surface area (Å²) in [6.07, 6.45) is -1.12. The van der Waals surface area contributed by atoms with Gasteiger partial charge in [0.05, 0.1) is 12.7 Å². The summed E-state index contributed by atoms with van der Waals surface area (Å²) in [5.41, 5.74) is 1.87. The first-order chi connectivity index (χ1) is 16.4. The van der Waals surface area contributed by atoms with Crippen LogP contribution in [0.5, 0.6) is 5.75 Å². The van der Waals surface area contributed by atoms with Gasteiger partial charge in [-0.25, -0.2) is 4.79 Å². The lowest BCUT2D eigenvalue weighted by atomic mass is 9.59. The van der Waals surface area contributed by atoms with E-state index in [1.165, 1.54) is 19.2 Å². The Morgan fingerprint density at radius 2 is 1.80 bits per heavy atom. The van der Waals surface area contributed by atoms with Crippen LogP contribution in [0, 0.1) is 11.8 Å². The maximum absolute atomic E-state index is 13.3. The number of anilines is 1. The average Bonchev–Trinajstić information content (AvgIpc) is 2.78. The highest BCUT2D eigenvalue weighted by molar-refractivity contribution is 6.22. The number of carbonyl (C=O) groups is 4. The van der Waals surface area contributed by atoms with Crippen LogP contribution < -0.4 is 16.4 Å². The van der Waals surface area contributed by atoms with Crippen LogP contribution >= 0.6 is 0 Å². The van der Waals surface area contributed by atoms with Crippen molar-refractivity contribution >= 4 is 35.0 Å². The van der Waals surface area contributed by atoms with E-state index in [2.05, 4.69) is 15.4 Å². The molecular formula is C23H31N3O9. The lowest BCUT2D eigenvalue weighted by Crippen LogP contribution is -2.58. The van der Waals surface area contributed by atoms with Crippen molar-refractivity contribution in [3.8, 4) is 5.75 Å². The number of rotatable bonds is 2. The van der Waals surface area contributed by atoms with E-state index < -0.39 is 64.5 Å². The molecule has 2 amide bonds. The lowest BCUT2D eigenvalue weighted by molar-refractivity contribution is -0.147. The number of Topliss-reactive ketones (excluding diaryl/α,β-unsaturated/α-hetero) is 2. The van der Waals surface area contributed by atoms with Crippen molar-refractivity contribution in [1.82, 2.24) is 5.32 Å². The second kappa shape index (κ2) is 9.39. The Balaban J connectivity index is 0.00000131. The monoisotopic (exact) mass is 493 g/mol. The molecule has 0 spiro atoms. The second-order valence-electron chi connectivity index (χ2n) is 8.51. The normalized spacial score (nSPS) is 25.0. The van der Waals surface area contributed by atoms with Crippen LogP contribution in [-0.4, -0.2) is 70.8 Å². The maximum atomic E-state index is 13.3. The highest BCUT2D eigenvalue weighted by atomic mass is 16.5. The topological polar surface area (TPSA) is 209 Å². The predicted molar refractivity (Wildman–Crippen MR) is 127 cm³/mol. The summed E-state index contributed by atoms with van der Waals surface area (Å²) in [6.45, 7) is 0. The molecule has 1 saturated carbocycles. The average molecular weight is 494 g/mol. The van der Waals surface area contributed by atoms with E-state index in [0.29, 0.717) is 5.56 Å². The van der Waals surface area contributed by atoms with E-state index in [1.54, 1.807) is 0 Å². The summed E-state index contributed by atoms with van der Waals surface area (Å²) < 4.78 is 4.58. The van der Waals surface area contributed by atoms with Crippen LogP contribution in [0.4, 0.5) is 10.5 Å². The molecule has 2 unspecified atom stereocenters. The number of benzene rings is 1. The number of ketones is 2. The van der Waals surface area contributed by atoms with Gasteiger partial charge >= 0.3 is 6.09 Å². The number of primary amides is 1. The first kappa shape index (κ1) is 25.7. The predicted octanol–water partition coefficient (Wildman–Crippen LogP) is 0.930. The Morgan fingerprint density at radius 1 is 1.17 bits per heavy atom. The molecule has 0 bridgehead atoms. The van der Waals surface area contributed by atoms with Crippen LogP contribution in [0.2, 0.25) is 0 Å². The van der Waals surface area contributed by atoms with Gasteiger partial charge < -0.3 is 36.2 Å². The first-order valence-electron chi connectivity index (χ1n) is 10.7. The number of ether oxygens (including phenoxy) is 1. The van der Waals surface area contributed by atoms with Crippen LogP contribution in [-0.2, 0) is 25.5 Å².